The van der Waals surface area contributed by atoms with Crippen molar-refractivity contribution in [3.8, 4) is 5.75 Å². The highest BCUT2D eigenvalue weighted by molar-refractivity contribution is 5.94. The molecule has 2 atom stereocenters. The molecule has 0 spiro atoms. The number of carbonyl (C=O) groups is 1. The molecule has 30 heavy (non-hydrogen) atoms. The first-order valence-corrected chi connectivity index (χ1v) is 10.8. The molecule has 2 aliphatic rings. The molecule has 2 saturated heterocycles. The molecule has 2 aromatic rings. The Hall–Kier alpha value is -2.44. The van der Waals surface area contributed by atoms with Crippen LogP contribution in [-0.4, -0.2) is 43.2 Å². The Labute approximate surface area is 177 Å². The Morgan fingerprint density at radius 3 is 2.83 bits per heavy atom. The number of halogens is 1. The van der Waals surface area contributed by atoms with E-state index in [2.05, 4.69) is 22.3 Å². The van der Waals surface area contributed by atoms with Crippen LogP contribution >= 0.6 is 0 Å². The number of anilines is 1. The van der Waals surface area contributed by atoms with Gasteiger partial charge in [-0.1, -0.05) is 30.3 Å². The summed E-state index contributed by atoms with van der Waals surface area (Å²) in [6, 6.07) is 14.5. The molecule has 2 heterocycles. The normalized spacial score (nSPS) is 22.0. The quantitative estimate of drug-likeness (QED) is 0.739. The molecule has 0 radical (unpaired) electrons. The van der Waals surface area contributed by atoms with Gasteiger partial charge in [-0.25, -0.2) is 4.39 Å². The largest absolute Gasteiger partial charge is 0.489 e. The maximum Gasteiger partial charge on any atom is 0.228 e. The topological polar surface area (TPSA) is 50.8 Å². The van der Waals surface area contributed by atoms with Gasteiger partial charge < -0.3 is 14.8 Å². The van der Waals surface area contributed by atoms with Gasteiger partial charge in [0.25, 0.3) is 0 Å². The number of piperidine rings is 1. The van der Waals surface area contributed by atoms with Crippen molar-refractivity contribution in [2.24, 2.45) is 5.92 Å². The maximum absolute atomic E-state index is 13.8. The van der Waals surface area contributed by atoms with E-state index in [1.807, 2.05) is 18.2 Å². The van der Waals surface area contributed by atoms with Crippen molar-refractivity contribution in [2.45, 2.75) is 38.3 Å². The van der Waals surface area contributed by atoms with E-state index in [1.54, 1.807) is 6.07 Å². The minimum Gasteiger partial charge on any atom is -0.489 e. The van der Waals surface area contributed by atoms with Crippen molar-refractivity contribution in [2.75, 3.05) is 31.6 Å². The van der Waals surface area contributed by atoms with Crippen molar-refractivity contribution in [1.29, 1.82) is 0 Å². The smallest absolute Gasteiger partial charge is 0.228 e. The zero-order chi connectivity index (χ0) is 20.8. The molecule has 0 saturated carbocycles. The minimum absolute atomic E-state index is 0.0588. The summed E-state index contributed by atoms with van der Waals surface area (Å²) in [5.41, 5.74) is 1.63. The Balaban J connectivity index is 1.37. The molecular weight excluding hydrogens is 383 g/mol. The third-order valence-corrected chi connectivity index (χ3v) is 5.77. The van der Waals surface area contributed by atoms with Gasteiger partial charge in [0.2, 0.25) is 5.91 Å². The van der Waals surface area contributed by atoms with Gasteiger partial charge in [-0.2, -0.15) is 0 Å². The fourth-order valence-electron chi connectivity index (χ4n) is 4.17. The second-order valence-electron chi connectivity index (χ2n) is 8.14. The van der Waals surface area contributed by atoms with Crippen LogP contribution in [0.1, 0.15) is 31.2 Å². The fourth-order valence-corrected chi connectivity index (χ4v) is 4.17. The zero-order valence-electron chi connectivity index (χ0n) is 17.2. The second kappa shape index (κ2) is 10.0. The predicted molar refractivity (Wildman–Crippen MR) is 114 cm³/mol. The molecule has 6 heteroatoms. The summed E-state index contributed by atoms with van der Waals surface area (Å²) < 4.78 is 25.3. The first-order chi connectivity index (χ1) is 14.7. The number of nitrogens with zero attached hydrogens (tertiary/aromatic N) is 1. The molecule has 2 aliphatic heterocycles. The summed E-state index contributed by atoms with van der Waals surface area (Å²) in [6.07, 6.45) is 3.85. The van der Waals surface area contributed by atoms with Gasteiger partial charge >= 0.3 is 0 Å². The zero-order valence-corrected chi connectivity index (χ0v) is 17.2. The number of amides is 1. The molecule has 1 amide bonds. The summed E-state index contributed by atoms with van der Waals surface area (Å²) in [5.74, 6) is -0.126. The van der Waals surface area contributed by atoms with E-state index in [0.717, 1.165) is 45.4 Å². The van der Waals surface area contributed by atoms with E-state index in [-0.39, 0.29) is 17.9 Å². The number of likely N-dealkylation sites (tertiary alicyclic amines) is 1. The molecule has 2 fully saturated rings. The van der Waals surface area contributed by atoms with Crippen molar-refractivity contribution >= 4 is 11.6 Å². The number of ether oxygens (including phenoxy) is 2. The Bertz CT molecular complexity index is 840. The monoisotopic (exact) mass is 412 g/mol. The molecule has 4 rings (SSSR count). The Kier molecular flexibility index (Phi) is 6.97. The predicted octanol–water partition coefficient (Wildman–Crippen LogP) is 4.23. The number of hydrogen-bond donors (Lipinski definition) is 1. The van der Waals surface area contributed by atoms with Crippen LogP contribution in [0.5, 0.6) is 5.75 Å². The van der Waals surface area contributed by atoms with E-state index < -0.39 is 5.82 Å². The number of carbonyl (C=O) groups excluding carboxylic acids is 1. The summed E-state index contributed by atoms with van der Waals surface area (Å²) in [4.78, 5) is 15.3. The maximum atomic E-state index is 13.8. The minimum atomic E-state index is -0.399. The van der Waals surface area contributed by atoms with Crippen LogP contribution in [0, 0.1) is 11.7 Å². The van der Waals surface area contributed by atoms with Gasteiger partial charge in [0, 0.05) is 25.8 Å². The van der Waals surface area contributed by atoms with Crippen LogP contribution in [-0.2, 0) is 16.1 Å². The van der Waals surface area contributed by atoms with Gasteiger partial charge in [-0.15, -0.1) is 0 Å². The summed E-state index contributed by atoms with van der Waals surface area (Å²) >= 11 is 0. The van der Waals surface area contributed by atoms with Crippen molar-refractivity contribution < 1.29 is 18.7 Å². The highest BCUT2D eigenvalue weighted by Crippen LogP contribution is 2.28. The SMILES string of the molecule is O=C(Nc1cc(F)ccc1OCC1CCCO1)C1CCCN(Cc2ccccc2)C1. The van der Waals surface area contributed by atoms with E-state index >= 15 is 0 Å². The van der Waals surface area contributed by atoms with Crippen molar-refractivity contribution in [1.82, 2.24) is 4.90 Å². The van der Waals surface area contributed by atoms with Crippen molar-refractivity contribution in [3.05, 3.63) is 59.9 Å². The van der Waals surface area contributed by atoms with Crippen LogP contribution in [0.4, 0.5) is 10.1 Å². The summed E-state index contributed by atoms with van der Waals surface area (Å²) in [7, 11) is 0. The van der Waals surface area contributed by atoms with Crippen molar-refractivity contribution in [3.63, 3.8) is 0 Å². The van der Waals surface area contributed by atoms with E-state index in [0.29, 0.717) is 24.6 Å². The summed E-state index contributed by atoms with van der Waals surface area (Å²) in [5, 5.41) is 2.91. The average Bonchev–Trinajstić information content (AvgIpc) is 3.28. The third-order valence-electron chi connectivity index (χ3n) is 5.77. The first-order valence-electron chi connectivity index (χ1n) is 10.8. The molecule has 0 aromatic heterocycles. The van der Waals surface area contributed by atoms with Crippen LogP contribution < -0.4 is 10.1 Å². The molecule has 5 nitrogen and oxygen atoms in total. The fraction of sp³-hybridized carbons (Fsp3) is 0.458. The van der Waals surface area contributed by atoms with E-state index in [4.69, 9.17) is 9.47 Å². The standard InChI is InChI=1S/C24H29FN2O3/c25-20-10-11-23(30-17-21-9-5-13-29-21)22(14-20)26-24(28)19-8-4-12-27(16-19)15-18-6-2-1-3-7-18/h1-3,6-7,10-11,14,19,21H,4-5,8-9,12-13,15-17H2,(H,26,28). The molecule has 2 aromatic carbocycles. The number of rotatable bonds is 7. The second-order valence-corrected chi connectivity index (χ2v) is 8.14. The number of benzene rings is 2. The lowest BCUT2D eigenvalue weighted by Crippen LogP contribution is -2.40. The van der Waals surface area contributed by atoms with Gasteiger partial charge in [0.1, 0.15) is 18.2 Å². The molecule has 160 valence electrons. The van der Waals surface area contributed by atoms with Gasteiger partial charge in [0.15, 0.2) is 0 Å². The van der Waals surface area contributed by atoms with Crippen LogP contribution in [0.15, 0.2) is 48.5 Å². The number of hydrogen-bond acceptors (Lipinski definition) is 4. The lowest BCUT2D eigenvalue weighted by Gasteiger charge is -2.32. The average molecular weight is 413 g/mol. The van der Waals surface area contributed by atoms with Gasteiger partial charge in [-0.3, -0.25) is 9.69 Å². The molecular formula is C24H29FN2O3. The molecule has 0 aliphatic carbocycles. The van der Waals surface area contributed by atoms with Gasteiger partial charge in [-0.05, 0) is 49.9 Å². The van der Waals surface area contributed by atoms with E-state index in [9.17, 15) is 9.18 Å². The lowest BCUT2D eigenvalue weighted by molar-refractivity contribution is -0.121. The Morgan fingerprint density at radius 2 is 2.03 bits per heavy atom. The summed E-state index contributed by atoms with van der Waals surface area (Å²) in [6.45, 7) is 3.67. The lowest BCUT2D eigenvalue weighted by atomic mass is 9.96. The van der Waals surface area contributed by atoms with Crippen LogP contribution in [0.3, 0.4) is 0 Å². The highest BCUT2D eigenvalue weighted by Gasteiger charge is 2.27. The molecule has 0 bridgehead atoms. The third kappa shape index (κ3) is 5.58. The Morgan fingerprint density at radius 1 is 1.17 bits per heavy atom. The van der Waals surface area contributed by atoms with Gasteiger partial charge in [0.05, 0.1) is 17.7 Å². The highest BCUT2D eigenvalue weighted by atomic mass is 19.1. The molecule has 1 N–H and O–H groups in total. The van der Waals surface area contributed by atoms with Crippen LogP contribution in [0.2, 0.25) is 0 Å². The first kappa shape index (κ1) is 20.8. The van der Waals surface area contributed by atoms with Crippen LogP contribution in [0.25, 0.3) is 0 Å². The van der Waals surface area contributed by atoms with E-state index in [1.165, 1.54) is 17.7 Å². The molecule has 2 unspecified atom stereocenters. The number of nitrogens with one attached hydrogen (secondary N) is 1.